The zero-order valence-electron chi connectivity index (χ0n) is 13.4. The summed E-state index contributed by atoms with van der Waals surface area (Å²) in [5, 5.41) is 15.3. The van der Waals surface area contributed by atoms with Gasteiger partial charge in [-0.2, -0.15) is 5.10 Å². The Morgan fingerprint density at radius 2 is 2.00 bits per heavy atom. The molecular weight excluding hydrogens is 362 g/mol. The monoisotopic (exact) mass is 377 g/mol. The molecule has 0 unspecified atom stereocenters. The summed E-state index contributed by atoms with van der Waals surface area (Å²) >= 11 is 7.37. The number of benzene rings is 2. The average molecular weight is 378 g/mol. The third-order valence-electron chi connectivity index (χ3n) is 3.24. The molecule has 0 heterocycles. The van der Waals surface area contributed by atoms with E-state index in [1.54, 1.807) is 25.1 Å². The van der Waals surface area contributed by atoms with Crippen LogP contribution in [0.5, 0.6) is 0 Å². The van der Waals surface area contributed by atoms with Gasteiger partial charge in [-0.3, -0.25) is 14.9 Å². The van der Waals surface area contributed by atoms with E-state index in [1.165, 1.54) is 23.9 Å². The molecule has 2 rings (SSSR count). The number of halogens is 1. The van der Waals surface area contributed by atoms with E-state index in [0.717, 1.165) is 5.56 Å². The summed E-state index contributed by atoms with van der Waals surface area (Å²) in [6, 6.07) is 13.5. The van der Waals surface area contributed by atoms with Crippen LogP contribution in [0.1, 0.15) is 18.1 Å². The molecule has 0 aliphatic heterocycles. The summed E-state index contributed by atoms with van der Waals surface area (Å²) < 4.78 is 0. The first-order chi connectivity index (χ1) is 12.0. The Morgan fingerprint density at radius 3 is 2.64 bits per heavy atom. The number of hydrogen-bond acceptors (Lipinski definition) is 5. The van der Waals surface area contributed by atoms with Gasteiger partial charge in [0.1, 0.15) is 0 Å². The molecular formula is C17H16ClN3O3S. The second-order valence-electron chi connectivity index (χ2n) is 5.16. The van der Waals surface area contributed by atoms with Crippen LogP contribution in [-0.2, 0) is 10.5 Å². The fourth-order valence-corrected chi connectivity index (χ4v) is 2.94. The van der Waals surface area contributed by atoms with Gasteiger partial charge in [-0.05, 0) is 42.3 Å². The first kappa shape index (κ1) is 19.0. The van der Waals surface area contributed by atoms with Crippen molar-refractivity contribution < 1.29 is 9.72 Å². The number of thioether (sulfide) groups is 1. The zero-order valence-corrected chi connectivity index (χ0v) is 15.0. The third kappa shape index (κ3) is 6.21. The maximum absolute atomic E-state index is 11.8. The van der Waals surface area contributed by atoms with Crippen molar-refractivity contribution in [3.05, 3.63) is 74.8 Å². The lowest BCUT2D eigenvalue weighted by Gasteiger charge is -2.04. The van der Waals surface area contributed by atoms with Crippen LogP contribution in [-0.4, -0.2) is 22.3 Å². The number of carbonyl (C=O) groups excluding carboxylic acids is 1. The highest BCUT2D eigenvalue weighted by Gasteiger charge is 2.06. The number of nitro benzene ring substituents is 1. The van der Waals surface area contributed by atoms with E-state index >= 15 is 0 Å². The maximum atomic E-state index is 11.8. The van der Waals surface area contributed by atoms with E-state index in [1.807, 2.05) is 18.2 Å². The summed E-state index contributed by atoms with van der Waals surface area (Å²) in [6.07, 6.45) is 0. The van der Waals surface area contributed by atoms with E-state index in [2.05, 4.69) is 10.5 Å². The van der Waals surface area contributed by atoms with Gasteiger partial charge in [-0.15, -0.1) is 11.8 Å². The summed E-state index contributed by atoms with van der Waals surface area (Å²) in [6.45, 7) is 1.72. The van der Waals surface area contributed by atoms with Crippen molar-refractivity contribution in [3.8, 4) is 0 Å². The number of nitro groups is 1. The number of carbonyl (C=O) groups is 1. The Morgan fingerprint density at radius 1 is 1.28 bits per heavy atom. The molecule has 25 heavy (non-hydrogen) atoms. The van der Waals surface area contributed by atoms with Crippen molar-refractivity contribution >= 4 is 40.7 Å². The van der Waals surface area contributed by atoms with Gasteiger partial charge in [0.05, 0.1) is 16.4 Å². The van der Waals surface area contributed by atoms with E-state index in [0.29, 0.717) is 22.1 Å². The molecule has 0 bridgehead atoms. The molecule has 0 aliphatic carbocycles. The minimum Gasteiger partial charge on any atom is -0.272 e. The Balaban J connectivity index is 1.81. The highest BCUT2D eigenvalue weighted by atomic mass is 35.5. The summed E-state index contributed by atoms with van der Waals surface area (Å²) in [5.74, 6) is 0.732. The van der Waals surface area contributed by atoms with Gasteiger partial charge in [0, 0.05) is 22.9 Å². The predicted molar refractivity (Wildman–Crippen MR) is 101 cm³/mol. The quantitative estimate of drug-likeness (QED) is 0.448. The van der Waals surface area contributed by atoms with Gasteiger partial charge in [-0.25, -0.2) is 5.43 Å². The van der Waals surface area contributed by atoms with Gasteiger partial charge < -0.3 is 0 Å². The van der Waals surface area contributed by atoms with Crippen LogP contribution in [0.4, 0.5) is 5.69 Å². The van der Waals surface area contributed by atoms with Gasteiger partial charge in [0.15, 0.2) is 0 Å². The van der Waals surface area contributed by atoms with Crippen LogP contribution in [0.2, 0.25) is 5.02 Å². The molecule has 130 valence electrons. The molecule has 0 saturated carbocycles. The predicted octanol–water partition coefficient (Wildman–Crippen LogP) is 4.02. The van der Waals surface area contributed by atoms with E-state index in [4.69, 9.17) is 11.6 Å². The number of hydrogen-bond donors (Lipinski definition) is 1. The van der Waals surface area contributed by atoms with Gasteiger partial charge in [0.25, 0.3) is 5.69 Å². The van der Waals surface area contributed by atoms with E-state index in [9.17, 15) is 14.9 Å². The van der Waals surface area contributed by atoms with E-state index < -0.39 is 4.92 Å². The molecule has 8 heteroatoms. The molecule has 0 radical (unpaired) electrons. The lowest BCUT2D eigenvalue weighted by molar-refractivity contribution is -0.384. The standard InChI is InChI=1S/C17H16ClN3O3S/c1-12(14-5-7-16(8-6-14)21(23)24)19-20-17(22)11-25-10-13-3-2-4-15(18)9-13/h2-9H,10-11H2,1H3,(H,20,22)/b19-12+. The van der Waals surface area contributed by atoms with Gasteiger partial charge in [-0.1, -0.05) is 23.7 Å². The molecule has 0 aliphatic rings. The van der Waals surface area contributed by atoms with Crippen LogP contribution >= 0.6 is 23.4 Å². The molecule has 0 atom stereocenters. The van der Waals surface area contributed by atoms with Crippen molar-refractivity contribution in [2.75, 3.05) is 5.75 Å². The normalized spacial score (nSPS) is 11.2. The summed E-state index contributed by atoms with van der Waals surface area (Å²) in [7, 11) is 0. The van der Waals surface area contributed by atoms with Gasteiger partial charge >= 0.3 is 0 Å². The van der Waals surface area contributed by atoms with Crippen LogP contribution in [0.3, 0.4) is 0 Å². The first-order valence-corrected chi connectivity index (χ1v) is 8.89. The van der Waals surface area contributed by atoms with E-state index in [-0.39, 0.29) is 17.3 Å². The minimum absolute atomic E-state index is 0.0120. The lowest BCUT2D eigenvalue weighted by Crippen LogP contribution is -2.21. The second kappa shape index (κ2) is 9.19. The zero-order chi connectivity index (χ0) is 18.2. The van der Waals surface area contributed by atoms with Crippen LogP contribution in [0.15, 0.2) is 53.6 Å². The van der Waals surface area contributed by atoms with Gasteiger partial charge in [0.2, 0.25) is 5.91 Å². The molecule has 2 aromatic rings. The average Bonchev–Trinajstić information content (AvgIpc) is 2.60. The third-order valence-corrected chi connectivity index (χ3v) is 4.47. The van der Waals surface area contributed by atoms with Crippen molar-refractivity contribution in [2.45, 2.75) is 12.7 Å². The molecule has 1 amide bonds. The second-order valence-corrected chi connectivity index (χ2v) is 6.58. The Hall–Kier alpha value is -2.38. The molecule has 0 aromatic heterocycles. The highest BCUT2D eigenvalue weighted by Crippen LogP contribution is 2.16. The number of amides is 1. The molecule has 0 fully saturated rings. The SMILES string of the molecule is C/C(=N\NC(=O)CSCc1cccc(Cl)c1)c1ccc([N+](=O)[O-])cc1. The largest absolute Gasteiger partial charge is 0.272 e. The number of nitrogens with zero attached hydrogens (tertiary/aromatic N) is 2. The number of hydrazone groups is 1. The van der Waals surface area contributed by atoms with Crippen molar-refractivity contribution in [2.24, 2.45) is 5.10 Å². The Bertz CT molecular complexity index is 794. The fraction of sp³-hybridized carbons (Fsp3) is 0.176. The molecule has 0 saturated heterocycles. The summed E-state index contributed by atoms with van der Waals surface area (Å²) in [5.41, 5.74) is 4.83. The number of rotatable bonds is 7. The van der Waals surface area contributed by atoms with Crippen molar-refractivity contribution in [1.29, 1.82) is 0 Å². The highest BCUT2D eigenvalue weighted by molar-refractivity contribution is 7.99. The number of nitrogens with one attached hydrogen (secondary N) is 1. The van der Waals surface area contributed by atoms with Crippen LogP contribution < -0.4 is 5.43 Å². The maximum Gasteiger partial charge on any atom is 0.269 e. The van der Waals surface area contributed by atoms with Crippen LogP contribution in [0.25, 0.3) is 0 Å². The number of non-ortho nitro benzene ring substituents is 1. The molecule has 6 nitrogen and oxygen atoms in total. The first-order valence-electron chi connectivity index (χ1n) is 7.36. The Kier molecular flexibility index (Phi) is 6.97. The Labute approximate surface area is 154 Å². The van der Waals surface area contributed by atoms with Crippen molar-refractivity contribution in [1.82, 2.24) is 5.43 Å². The molecule has 0 spiro atoms. The smallest absolute Gasteiger partial charge is 0.269 e. The fourth-order valence-electron chi connectivity index (χ4n) is 1.96. The topological polar surface area (TPSA) is 84.6 Å². The summed E-state index contributed by atoms with van der Waals surface area (Å²) in [4.78, 5) is 22.0. The lowest BCUT2D eigenvalue weighted by atomic mass is 10.1. The van der Waals surface area contributed by atoms with Crippen LogP contribution in [0, 0.1) is 10.1 Å². The molecule has 1 N–H and O–H groups in total. The molecule has 2 aromatic carbocycles. The van der Waals surface area contributed by atoms with Crippen molar-refractivity contribution in [3.63, 3.8) is 0 Å². The minimum atomic E-state index is -0.463.